The number of nitrogens with one attached hydrogen (secondary N) is 2. The van der Waals surface area contributed by atoms with E-state index in [0.717, 1.165) is 16.7 Å². The van der Waals surface area contributed by atoms with Gasteiger partial charge in [-0.2, -0.15) is 13.2 Å². The summed E-state index contributed by atoms with van der Waals surface area (Å²) < 4.78 is 37.8. The molecule has 0 aromatic carbocycles. The fourth-order valence-corrected chi connectivity index (χ4v) is 2.63. The van der Waals surface area contributed by atoms with Gasteiger partial charge in [0.1, 0.15) is 5.01 Å². The summed E-state index contributed by atoms with van der Waals surface area (Å²) >= 11 is 0.805. The molecular weight excluding hydrogens is 381 g/mol. The number of aromatic nitrogens is 1. The van der Waals surface area contributed by atoms with Gasteiger partial charge in [0.2, 0.25) is 11.8 Å². The summed E-state index contributed by atoms with van der Waals surface area (Å²) in [5.41, 5.74) is 3.55. The molecule has 0 aliphatic rings. The van der Waals surface area contributed by atoms with Gasteiger partial charge in [-0.3, -0.25) is 9.59 Å². The predicted octanol–water partition coefficient (Wildman–Crippen LogP) is 2.03. The number of hydrogen-bond acceptors (Lipinski definition) is 5. The summed E-state index contributed by atoms with van der Waals surface area (Å²) in [4.78, 5) is 27.1. The SMILES string of the molecule is CC(C)[C@H](N)C(=O)NCC(=O)NC(C)(C)c1nc(C(F)(F)F)cs1.Cl. The van der Waals surface area contributed by atoms with Crippen LogP contribution >= 0.6 is 23.7 Å². The number of alkyl halides is 3. The maximum atomic E-state index is 12.6. The minimum absolute atomic E-state index is 0. The van der Waals surface area contributed by atoms with Gasteiger partial charge in [0.05, 0.1) is 18.1 Å². The first-order valence-electron chi connectivity index (χ1n) is 7.22. The molecule has 0 fully saturated rings. The van der Waals surface area contributed by atoms with Crippen LogP contribution in [0.25, 0.3) is 0 Å². The topological polar surface area (TPSA) is 97.1 Å². The highest BCUT2D eigenvalue weighted by Crippen LogP contribution is 2.33. The van der Waals surface area contributed by atoms with Gasteiger partial charge in [-0.1, -0.05) is 13.8 Å². The van der Waals surface area contributed by atoms with Gasteiger partial charge in [0.15, 0.2) is 5.69 Å². The highest BCUT2D eigenvalue weighted by Gasteiger charge is 2.36. The van der Waals surface area contributed by atoms with Gasteiger partial charge >= 0.3 is 6.18 Å². The zero-order valence-corrected chi connectivity index (χ0v) is 15.9. The Labute approximate surface area is 154 Å². The Balaban J connectivity index is 0.00000576. The second-order valence-electron chi connectivity index (χ2n) is 6.20. The van der Waals surface area contributed by atoms with Crippen LogP contribution in [0.15, 0.2) is 5.38 Å². The first-order valence-corrected chi connectivity index (χ1v) is 8.10. The summed E-state index contributed by atoms with van der Waals surface area (Å²) in [7, 11) is 0. The van der Waals surface area contributed by atoms with E-state index in [9.17, 15) is 22.8 Å². The Hall–Kier alpha value is -1.39. The van der Waals surface area contributed by atoms with Crippen LogP contribution in [0.3, 0.4) is 0 Å². The van der Waals surface area contributed by atoms with E-state index in [4.69, 9.17) is 5.73 Å². The number of hydrogen-bond donors (Lipinski definition) is 3. The average Bonchev–Trinajstić information content (AvgIpc) is 2.93. The Morgan fingerprint density at radius 2 is 1.88 bits per heavy atom. The van der Waals surface area contributed by atoms with Gasteiger partial charge in [0, 0.05) is 5.38 Å². The molecule has 1 rings (SSSR count). The lowest BCUT2D eigenvalue weighted by molar-refractivity contribution is -0.140. The van der Waals surface area contributed by atoms with Crippen molar-refractivity contribution in [2.45, 2.75) is 45.5 Å². The van der Waals surface area contributed by atoms with Crippen molar-refractivity contribution in [1.29, 1.82) is 0 Å². The van der Waals surface area contributed by atoms with Gasteiger partial charge in [-0.05, 0) is 19.8 Å². The molecule has 25 heavy (non-hydrogen) atoms. The number of nitrogens with two attached hydrogens (primary N) is 1. The summed E-state index contributed by atoms with van der Waals surface area (Å²) in [6.07, 6.45) is -4.53. The monoisotopic (exact) mass is 402 g/mol. The van der Waals surface area contributed by atoms with Crippen LogP contribution in [0.5, 0.6) is 0 Å². The molecule has 0 saturated heterocycles. The summed E-state index contributed by atoms with van der Waals surface area (Å²) in [5.74, 6) is -1.10. The van der Waals surface area contributed by atoms with Crippen LogP contribution in [-0.4, -0.2) is 29.4 Å². The lowest BCUT2D eigenvalue weighted by Crippen LogP contribution is -2.50. The number of halogens is 4. The first-order chi connectivity index (χ1) is 10.8. The molecule has 0 unspecified atom stereocenters. The summed E-state index contributed by atoms with van der Waals surface area (Å²) in [6, 6.07) is -0.737. The Morgan fingerprint density at radius 3 is 2.32 bits per heavy atom. The van der Waals surface area contributed by atoms with Gasteiger partial charge in [-0.25, -0.2) is 4.98 Å². The van der Waals surface area contributed by atoms with E-state index in [1.54, 1.807) is 13.8 Å². The molecule has 0 radical (unpaired) electrons. The molecule has 2 amide bonds. The van der Waals surface area contributed by atoms with Crippen LogP contribution < -0.4 is 16.4 Å². The maximum Gasteiger partial charge on any atom is 0.434 e. The average molecular weight is 403 g/mol. The zero-order valence-electron chi connectivity index (χ0n) is 14.2. The Bertz CT molecular complexity index is 605. The molecule has 11 heteroatoms. The second kappa shape index (κ2) is 8.81. The van der Waals surface area contributed by atoms with Crippen LogP contribution in [0.4, 0.5) is 13.2 Å². The summed E-state index contributed by atoms with van der Waals surface area (Å²) in [5, 5.41) is 5.96. The minimum Gasteiger partial charge on any atom is -0.346 e. The van der Waals surface area contributed by atoms with Crippen molar-refractivity contribution in [3.63, 3.8) is 0 Å². The van der Waals surface area contributed by atoms with Gasteiger partial charge in [0.25, 0.3) is 0 Å². The molecule has 0 bridgehead atoms. The van der Waals surface area contributed by atoms with E-state index in [1.807, 2.05) is 0 Å². The zero-order chi connectivity index (χ0) is 18.7. The molecule has 0 saturated carbocycles. The molecule has 144 valence electrons. The van der Waals surface area contributed by atoms with E-state index in [1.165, 1.54) is 13.8 Å². The number of nitrogens with zero attached hydrogens (tertiary/aromatic N) is 1. The van der Waals surface area contributed by atoms with Crippen LogP contribution in [0.2, 0.25) is 0 Å². The Morgan fingerprint density at radius 1 is 1.32 bits per heavy atom. The van der Waals surface area contributed by atoms with Crippen molar-refractivity contribution in [1.82, 2.24) is 15.6 Å². The third kappa shape index (κ3) is 6.79. The number of carbonyl (C=O) groups is 2. The molecule has 1 aromatic heterocycles. The highest BCUT2D eigenvalue weighted by atomic mass is 35.5. The third-order valence-electron chi connectivity index (χ3n) is 3.23. The standard InChI is InChI=1S/C14H21F3N4O2S.ClH/c1-7(2)10(18)11(23)19-5-9(22)21-13(3,4)12-20-8(6-24-12)14(15,16)17;/h6-7,10H,5,18H2,1-4H3,(H,19,23)(H,21,22);1H/t10-;/m0./s1. The number of thiazole rings is 1. The van der Waals surface area contributed by atoms with Crippen LogP contribution in [-0.2, 0) is 21.3 Å². The maximum absolute atomic E-state index is 12.6. The highest BCUT2D eigenvalue weighted by molar-refractivity contribution is 7.09. The van der Waals surface area contributed by atoms with E-state index < -0.39 is 35.3 Å². The lowest BCUT2D eigenvalue weighted by Gasteiger charge is -2.24. The largest absolute Gasteiger partial charge is 0.434 e. The van der Waals surface area contributed by atoms with E-state index in [-0.39, 0.29) is 29.9 Å². The lowest BCUT2D eigenvalue weighted by atomic mass is 10.1. The van der Waals surface area contributed by atoms with Crippen molar-refractivity contribution in [3.8, 4) is 0 Å². The molecule has 4 N–H and O–H groups in total. The van der Waals surface area contributed by atoms with Crippen LogP contribution in [0.1, 0.15) is 38.4 Å². The normalized spacial score (nSPS) is 13.2. The van der Waals surface area contributed by atoms with Crippen LogP contribution in [0, 0.1) is 5.92 Å². The molecule has 1 atom stereocenters. The van der Waals surface area contributed by atoms with Crippen molar-refractivity contribution >= 4 is 35.6 Å². The van der Waals surface area contributed by atoms with Crippen molar-refractivity contribution in [2.75, 3.05) is 6.54 Å². The number of rotatable bonds is 6. The number of carbonyl (C=O) groups excluding carboxylic acids is 2. The van der Waals surface area contributed by atoms with Gasteiger partial charge < -0.3 is 16.4 Å². The minimum atomic E-state index is -4.53. The van der Waals surface area contributed by atoms with Crippen molar-refractivity contribution < 1.29 is 22.8 Å². The molecule has 6 nitrogen and oxygen atoms in total. The Kier molecular flexibility index (Phi) is 8.32. The first kappa shape index (κ1) is 23.6. The molecule has 0 aliphatic carbocycles. The smallest absolute Gasteiger partial charge is 0.346 e. The third-order valence-corrected chi connectivity index (χ3v) is 4.39. The summed E-state index contributed by atoms with van der Waals surface area (Å²) in [6.45, 7) is 6.29. The molecule has 0 aliphatic heterocycles. The van der Waals surface area contributed by atoms with E-state index in [0.29, 0.717) is 0 Å². The molecular formula is C14H22ClF3N4O2S. The predicted molar refractivity (Wildman–Crippen MR) is 91.4 cm³/mol. The van der Waals surface area contributed by atoms with Crippen molar-refractivity contribution in [2.24, 2.45) is 11.7 Å². The van der Waals surface area contributed by atoms with E-state index >= 15 is 0 Å². The van der Waals surface area contributed by atoms with Gasteiger partial charge in [-0.15, -0.1) is 23.7 Å². The molecule has 1 heterocycles. The fourth-order valence-electron chi connectivity index (χ4n) is 1.73. The quantitative estimate of drug-likeness (QED) is 0.678. The second-order valence-corrected chi connectivity index (χ2v) is 7.05. The number of amides is 2. The van der Waals surface area contributed by atoms with E-state index in [2.05, 4.69) is 15.6 Å². The fraction of sp³-hybridized carbons (Fsp3) is 0.643. The molecule has 1 aromatic rings. The van der Waals surface area contributed by atoms with Crippen molar-refractivity contribution in [3.05, 3.63) is 16.1 Å². The molecule has 0 spiro atoms.